The van der Waals surface area contributed by atoms with Gasteiger partial charge in [0.2, 0.25) is 0 Å². The van der Waals surface area contributed by atoms with E-state index in [-0.39, 0.29) is 0 Å². The normalized spacial score (nSPS) is 21.2. The zero-order valence-electron chi connectivity index (χ0n) is 10.0. The molecule has 2 N–H and O–H groups in total. The maximum atomic E-state index is 13.0. The minimum absolute atomic E-state index is 0.321. The molecule has 1 saturated heterocycles. The van der Waals surface area contributed by atoms with E-state index in [1.165, 1.54) is 6.07 Å². The van der Waals surface area contributed by atoms with Crippen LogP contribution in [-0.2, 0) is 4.74 Å². The molecule has 1 fully saturated rings. The summed E-state index contributed by atoms with van der Waals surface area (Å²) in [5.41, 5.74) is 0.379. The largest absolute Gasteiger partial charge is 0.387 e. The quantitative estimate of drug-likeness (QED) is 0.842. The van der Waals surface area contributed by atoms with Crippen molar-refractivity contribution >= 4 is 0 Å². The molecule has 2 unspecified atom stereocenters. The van der Waals surface area contributed by atoms with Crippen LogP contribution in [0, 0.1) is 17.6 Å². The summed E-state index contributed by atoms with van der Waals surface area (Å²) in [6.45, 7) is 2.62. The Balaban J connectivity index is 1.79. The second-order valence-electron chi connectivity index (χ2n) is 4.58. The Labute approximate surface area is 105 Å². The Bertz CT molecular complexity index is 395. The number of benzene rings is 1. The second kappa shape index (κ2) is 6.22. The van der Waals surface area contributed by atoms with Gasteiger partial charge in [-0.1, -0.05) is 6.07 Å². The van der Waals surface area contributed by atoms with E-state index < -0.39 is 17.7 Å². The van der Waals surface area contributed by atoms with E-state index in [4.69, 9.17) is 4.74 Å². The van der Waals surface area contributed by atoms with Crippen molar-refractivity contribution < 1.29 is 18.6 Å². The van der Waals surface area contributed by atoms with E-state index in [0.717, 1.165) is 38.3 Å². The minimum atomic E-state index is -0.934. The van der Waals surface area contributed by atoms with Crippen LogP contribution in [0.5, 0.6) is 0 Å². The van der Waals surface area contributed by atoms with Crippen molar-refractivity contribution in [2.75, 3.05) is 26.3 Å². The fourth-order valence-corrected chi connectivity index (χ4v) is 2.01. The third-order valence-corrected chi connectivity index (χ3v) is 3.12. The zero-order valence-corrected chi connectivity index (χ0v) is 10.0. The molecule has 0 amide bonds. The highest BCUT2D eigenvalue weighted by atomic mass is 19.2. The Morgan fingerprint density at radius 1 is 1.39 bits per heavy atom. The van der Waals surface area contributed by atoms with Gasteiger partial charge < -0.3 is 15.2 Å². The lowest BCUT2D eigenvalue weighted by Crippen LogP contribution is -2.27. The van der Waals surface area contributed by atoms with E-state index in [1.807, 2.05) is 0 Å². The Kier molecular flexibility index (Phi) is 4.63. The summed E-state index contributed by atoms with van der Waals surface area (Å²) in [7, 11) is 0. The molecule has 1 aliphatic heterocycles. The number of halogens is 2. The van der Waals surface area contributed by atoms with Crippen molar-refractivity contribution in [3.05, 3.63) is 35.4 Å². The molecule has 1 aromatic rings. The van der Waals surface area contributed by atoms with Crippen molar-refractivity contribution in [3.8, 4) is 0 Å². The van der Waals surface area contributed by atoms with Crippen molar-refractivity contribution in [1.82, 2.24) is 5.32 Å². The summed E-state index contributed by atoms with van der Waals surface area (Å²) >= 11 is 0. The molecule has 2 atom stereocenters. The van der Waals surface area contributed by atoms with Crippen molar-refractivity contribution in [2.45, 2.75) is 12.5 Å². The van der Waals surface area contributed by atoms with Crippen LogP contribution < -0.4 is 5.32 Å². The fourth-order valence-electron chi connectivity index (χ4n) is 2.01. The van der Waals surface area contributed by atoms with Gasteiger partial charge in [-0.2, -0.15) is 0 Å². The van der Waals surface area contributed by atoms with Crippen LogP contribution in [0.15, 0.2) is 18.2 Å². The highest BCUT2D eigenvalue weighted by Gasteiger charge is 2.16. The first-order chi connectivity index (χ1) is 8.66. The van der Waals surface area contributed by atoms with Gasteiger partial charge in [0.05, 0.1) is 12.7 Å². The summed E-state index contributed by atoms with van der Waals surface area (Å²) in [5.74, 6) is -1.36. The molecule has 1 aliphatic rings. The zero-order chi connectivity index (χ0) is 13.0. The van der Waals surface area contributed by atoms with Gasteiger partial charge in [-0.3, -0.25) is 0 Å². The monoisotopic (exact) mass is 257 g/mol. The summed E-state index contributed by atoms with van der Waals surface area (Å²) < 4.78 is 31.0. The second-order valence-corrected chi connectivity index (χ2v) is 4.58. The van der Waals surface area contributed by atoms with Crippen LogP contribution in [0.3, 0.4) is 0 Å². The van der Waals surface area contributed by atoms with E-state index in [2.05, 4.69) is 5.32 Å². The molecule has 1 aromatic carbocycles. The van der Waals surface area contributed by atoms with E-state index in [9.17, 15) is 13.9 Å². The van der Waals surface area contributed by atoms with Crippen LogP contribution in [0.25, 0.3) is 0 Å². The predicted molar refractivity (Wildman–Crippen MR) is 63.1 cm³/mol. The summed E-state index contributed by atoms with van der Waals surface area (Å²) in [6, 6.07) is 3.45. The van der Waals surface area contributed by atoms with Gasteiger partial charge in [0, 0.05) is 19.7 Å². The first-order valence-corrected chi connectivity index (χ1v) is 6.08. The fraction of sp³-hybridized carbons (Fsp3) is 0.538. The van der Waals surface area contributed by atoms with Crippen LogP contribution in [0.1, 0.15) is 18.1 Å². The Morgan fingerprint density at radius 3 is 2.89 bits per heavy atom. The third kappa shape index (κ3) is 3.48. The molecule has 0 spiro atoms. The number of aliphatic hydroxyl groups excluding tert-OH is 1. The number of aliphatic hydroxyl groups is 1. The average molecular weight is 257 g/mol. The maximum absolute atomic E-state index is 13.0. The van der Waals surface area contributed by atoms with Crippen LogP contribution in [-0.4, -0.2) is 31.4 Å². The average Bonchev–Trinajstić information content (AvgIpc) is 2.85. The number of hydrogen-bond acceptors (Lipinski definition) is 3. The summed E-state index contributed by atoms with van der Waals surface area (Å²) in [4.78, 5) is 0. The molecule has 100 valence electrons. The molecular weight excluding hydrogens is 240 g/mol. The first-order valence-electron chi connectivity index (χ1n) is 6.08. The lowest BCUT2D eigenvalue weighted by Gasteiger charge is -2.14. The Morgan fingerprint density at radius 2 is 2.22 bits per heavy atom. The van der Waals surface area contributed by atoms with Crippen molar-refractivity contribution in [2.24, 2.45) is 5.92 Å². The molecule has 1 heterocycles. The molecule has 18 heavy (non-hydrogen) atoms. The van der Waals surface area contributed by atoms with Gasteiger partial charge in [-0.25, -0.2) is 8.78 Å². The third-order valence-electron chi connectivity index (χ3n) is 3.12. The summed E-state index contributed by atoms with van der Waals surface area (Å²) in [5, 5.41) is 12.9. The van der Waals surface area contributed by atoms with Crippen LogP contribution in [0.2, 0.25) is 0 Å². The van der Waals surface area contributed by atoms with Gasteiger partial charge in [-0.15, -0.1) is 0 Å². The SMILES string of the molecule is OC(CNCC1CCOC1)c1ccc(F)c(F)c1. The van der Waals surface area contributed by atoms with Crippen LogP contribution in [0.4, 0.5) is 8.78 Å². The smallest absolute Gasteiger partial charge is 0.159 e. The molecule has 0 bridgehead atoms. The van der Waals surface area contributed by atoms with Gasteiger partial charge in [0.15, 0.2) is 11.6 Å². The van der Waals surface area contributed by atoms with E-state index in [0.29, 0.717) is 18.0 Å². The van der Waals surface area contributed by atoms with Crippen molar-refractivity contribution in [1.29, 1.82) is 0 Å². The first kappa shape index (κ1) is 13.4. The lowest BCUT2D eigenvalue weighted by molar-refractivity contribution is 0.166. The molecule has 0 saturated carbocycles. The molecule has 5 heteroatoms. The lowest BCUT2D eigenvalue weighted by atomic mass is 10.1. The van der Waals surface area contributed by atoms with E-state index >= 15 is 0 Å². The van der Waals surface area contributed by atoms with Gasteiger partial charge in [0.25, 0.3) is 0 Å². The minimum Gasteiger partial charge on any atom is -0.387 e. The number of rotatable bonds is 5. The van der Waals surface area contributed by atoms with Crippen LogP contribution >= 0.6 is 0 Å². The molecular formula is C13H17F2NO2. The predicted octanol–water partition coefficient (Wildman–Crippen LogP) is 1.62. The molecule has 2 rings (SSSR count). The highest BCUT2D eigenvalue weighted by molar-refractivity contribution is 5.20. The Hall–Kier alpha value is -1.04. The standard InChI is InChI=1S/C13H17F2NO2/c14-11-2-1-10(5-12(11)15)13(17)7-16-6-9-3-4-18-8-9/h1-2,5,9,13,16-17H,3-4,6-8H2. The molecule has 3 nitrogen and oxygen atoms in total. The molecule has 0 radical (unpaired) electrons. The highest BCUT2D eigenvalue weighted by Crippen LogP contribution is 2.16. The molecule has 0 aliphatic carbocycles. The number of nitrogens with one attached hydrogen (secondary N) is 1. The van der Waals surface area contributed by atoms with Gasteiger partial charge >= 0.3 is 0 Å². The summed E-state index contributed by atoms with van der Waals surface area (Å²) in [6.07, 6.45) is 0.191. The topological polar surface area (TPSA) is 41.5 Å². The van der Waals surface area contributed by atoms with Gasteiger partial charge in [0.1, 0.15) is 0 Å². The number of hydrogen-bond donors (Lipinski definition) is 2. The van der Waals surface area contributed by atoms with Crippen molar-refractivity contribution in [3.63, 3.8) is 0 Å². The van der Waals surface area contributed by atoms with Gasteiger partial charge in [-0.05, 0) is 30.0 Å². The maximum Gasteiger partial charge on any atom is 0.159 e. The molecule has 0 aromatic heterocycles. The van der Waals surface area contributed by atoms with E-state index in [1.54, 1.807) is 0 Å². The number of ether oxygens (including phenoxy) is 1.